The molecular formula is C66H36N6O12. The molecule has 0 fully saturated rings. The average molecular weight is 1110 g/mol. The lowest BCUT2D eigenvalue weighted by atomic mass is 9.92. The van der Waals surface area contributed by atoms with Crippen molar-refractivity contribution in [1.29, 1.82) is 0 Å². The number of fused-ring (bicyclic) bond motifs is 9. The maximum Gasteiger partial charge on any atom is 0.335 e. The van der Waals surface area contributed by atoms with Crippen molar-refractivity contribution in [2.24, 2.45) is 0 Å². The van der Waals surface area contributed by atoms with Gasteiger partial charge in [-0.25, -0.2) is 58.7 Å². The molecule has 18 nitrogen and oxygen atoms in total. The fourth-order valence-corrected chi connectivity index (χ4v) is 10.5. The Hall–Kier alpha value is -12.2. The number of carboxylic acid groups (broad SMARTS) is 6. The van der Waals surface area contributed by atoms with Crippen molar-refractivity contribution in [3.63, 3.8) is 0 Å². The number of rotatable bonds is 12. The van der Waals surface area contributed by atoms with Crippen LogP contribution >= 0.6 is 0 Å². The summed E-state index contributed by atoms with van der Waals surface area (Å²) in [4.78, 5) is 104. The lowest BCUT2D eigenvalue weighted by molar-refractivity contribution is 0.0686. The summed E-state index contributed by atoms with van der Waals surface area (Å²) in [5.74, 6) is -6.73. The second-order valence-electron chi connectivity index (χ2n) is 19.7. The molecule has 0 aliphatic carbocycles. The molecule has 0 aliphatic rings. The monoisotopic (exact) mass is 1100 g/mol. The third-order valence-corrected chi connectivity index (χ3v) is 14.7. The minimum atomic E-state index is -1.15. The quantitative estimate of drug-likeness (QED) is 0.0489. The molecule has 0 unspecified atom stereocenters. The van der Waals surface area contributed by atoms with E-state index in [1.165, 1.54) is 72.8 Å². The molecule has 0 bridgehead atoms. The van der Waals surface area contributed by atoms with Gasteiger partial charge in [0.2, 0.25) is 0 Å². The minimum Gasteiger partial charge on any atom is -0.478 e. The Morgan fingerprint density at radius 2 is 0.405 bits per heavy atom. The van der Waals surface area contributed by atoms with Crippen LogP contribution in [0.15, 0.2) is 182 Å². The lowest BCUT2D eigenvalue weighted by Gasteiger charge is -2.16. The van der Waals surface area contributed by atoms with E-state index in [4.69, 9.17) is 29.9 Å². The van der Waals surface area contributed by atoms with E-state index < -0.39 is 35.8 Å². The average Bonchev–Trinajstić information content (AvgIpc) is 0.890. The zero-order valence-corrected chi connectivity index (χ0v) is 43.1. The maximum atomic E-state index is 12.3. The van der Waals surface area contributed by atoms with Crippen LogP contribution in [0.25, 0.3) is 133 Å². The summed E-state index contributed by atoms with van der Waals surface area (Å²) >= 11 is 0. The molecule has 0 atom stereocenters. The maximum absolute atomic E-state index is 12.3. The van der Waals surface area contributed by atoms with Crippen LogP contribution in [-0.4, -0.2) is 96.4 Å². The Kier molecular flexibility index (Phi) is 12.1. The molecule has 10 aromatic carbocycles. The molecule has 3 aromatic heterocycles. The van der Waals surface area contributed by atoms with Crippen LogP contribution in [0.2, 0.25) is 0 Å². The third kappa shape index (κ3) is 8.99. The van der Waals surface area contributed by atoms with E-state index in [1.807, 2.05) is 0 Å². The first-order valence-electron chi connectivity index (χ1n) is 25.6. The van der Waals surface area contributed by atoms with Crippen LogP contribution in [0.3, 0.4) is 0 Å². The second-order valence-corrected chi connectivity index (χ2v) is 19.7. The van der Waals surface area contributed by atoms with Crippen molar-refractivity contribution in [2.75, 3.05) is 0 Å². The smallest absolute Gasteiger partial charge is 0.335 e. The summed E-state index contributed by atoms with van der Waals surface area (Å²) in [5, 5.41) is 59.0. The van der Waals surface area contributed by atoms with E-state index in [1.54, 1.807) is 109 Å². The Balaban J connectivity index is 1.14. The molecule has 13 aromatic rings. The van der Waals surface area contributed by atoms with E-state index >= 15 is 0 Å². The summed E-state index contributed by atoms with van der Waals surface area (Å²) < 4.78 is 0. The lowest BCUT2D eigenvalue weighted by Crippen LogP contribution is -2.01. The molecule has 0 radical (unpaired) electrons. The highest BCUT2D eigenvalue weighted by molar-refractivity contribution is 6.22. The number of hydrogen-bond acceptors (Lipinski definition) is 12. The van der Waals surface area contributed by atoms with Gasteiger partial charge in [0.05, 0.1) is 66.5 Å². The van der Waals surface area contributed by atoms with E-state index in [2.05, 4.69) is 0 Å². The summed E-state index contributed by atoms with van der Waals surface area (Å²) in [6.45, 7) is 0. The minimum absolute atomic E-state index is 0.0241. The predicted octanol–water partition coefficient (Wildman–Crippen LogP) is 13.2. The largest absolute Gasteiger partial charge is 0.478 e. The van der Waals surface area contributed by atoms with Gasteiger partial charge in [-0.1, -0.05) is 72.8 Å². The first-order valence-corrected chi connectivity index (χ1v) is 25.6. The van der Waals surface area contributed by atoms with Gasteiger partial charge in [0.1, 0.15) is 33.1 Å². The Morgan fingerprint density at radius 1 is 0.214 bits per heavy atom. The molecule has 0 aliphatic heterocycles. The topological polar surface area (TPSA) is 301 Å². The Labute approximate surface area is 471 Å². The van der Waals surface area contributed by atoms with Gasteiger partial charge in [-0.05, 0) is 176 Å². The van der Waals surface area contributed by atoms with Crippen molar-refractivity contribution >= 4 is 102 Å². The van der Waals surface area contributed by atoms with E-state index in [-0.39, 0.29) is 66.5 Å². The summed E-state index contributed by atoms with van der Waals surface area (Å²) in [7, 11) is 0. The first-order chi connectivity index (χ1) is 40.5. The summed E-state index contributed by atoms with van der Waals surface area (Å²) in [6.07, 6.45) is 0. The number of carboxylic acids is 6. The molecule has 6 N–H and O–H groups in total. The van der Waals surface area contributed by atoms with Gasteiger partial charge in [-0.15, -0.1) is 0 Å². The zero-order chi connectivity index (χ0) is 58.2. The molecular weight excluding hydrogens is 1070 g/mol. The van der Waals surface area contributed by atoms with Crippen LogP contribution < -0.4 is 0 Å². The van der Waals surface area contributed by atoms with Crippen LogP contribution in [0, 0.1) is 0 Å². The van der Waals surface area contributed by atoms with Crippen molar-refractivity contribution in [3.05, 3.63) is 215 Å². The fraction of sp³-hybridized carbons (Fsp3) is 0. The summed E-state index contributed by atoms with van der Waals surface area (Å²) in [5.41, 5.74) is 11.2. The van der Waals surface area contributed by atoms with Crippen molar-refractivity contribution in [2.45, 2.75) is 0 Å². The number of aromatic nitrogens is 6. The van der Waals surface area contributed by atoms with Gasteiger partial charge in [-0.2, -0.15) is 0 Å². The van der Waals surface area contributed by atoms with Crippen molar-refractivity contribution in [1.82, 2.24) is 29.9 Å². The van der Waals surface area contributed by atoms with Crippen LogP contribution in [-0.2, 0) is 0 Å². The van der Waals surface area contributed by atoms with Gasteiger partial charge in [0.25, 0.3) is 0 Å². The number of nitrogens with zero attached hydrogens (tertiary/aromatic N) is 6. The SMILES string of the molecule is O=C(O)c1ccc(-c2cc3nc4c5nc6cc(-c7ccc(C(=O)O)cc7)c(-c7ccc(C(=O)O)cc7)cc6nc5c5nc6cc(-c7cccc(C(=O)O)c7)c(-c7ccc(C(=O)O)cc7)cc6nc5c4nc3cc2-c2ccc(C(=O)O)cc2)cc1. The highest BCUT2D eigenvalue weighted by atomic mass is 16.4. The summed E-state index contributed by atoms with van der Waals surface area (Å²) in [6, 6.07) is 48.5. The van der Waals surface area contributed by atoms with Crippen LogP contribution in [0.1, 0.15) is 62.1 Å². The molecule has 0 amide bonds. The Bertz CT molecular complexity index is 4950. The van der Waals surface area contributed by atoms with Gasteiger partial charge in [0, 0.05) is 0 Å². The Morgan fingerprint density at radius 3 is 0.595 bits per heavy atom. The molecule has 13 rings (SSSR count). The molecule has 18 heteroatoms. The van der Waals surface area contributed by atoms with Crippen LogP contribution in [0.5, 0.6) is 0 Å². The molecule has 0 spiro atoms. The molecule has 84 heavy (non-hydrogen) atoms. The second kappa shape index (κ2) is 19.9. The normalized spacial score (nSPS) is 11.4. The highest BCUT2D eigenvalue weighted by Gasteiger charge is 2.24. The number of aromatic carboxylic acids is 6. The zero-order valence-electron chi connectivity index (χ0n) is 43.1. The van der Waals surface area contributed by atoms with E-state index in [0.717, 1.165) is 0 Å². The first kappa shape index (κ1) is 51.3. The number of hydrogen-bond donors (Lipinski definition) is 6. The van der Waals surface area contributed by atoms with Crippen LogP contribution in [0.4, 0.5) is 0 Å². The highest BCUT2D eigenvalue weighted by Crippen LogP contribution is 2.42. The fourth-order valence-electron chi connectivity index (χ4n) is 10.5. The standard InChI is InChI=1S/C66H36N6O12/c73-61(74)36-14-4-31(5-15-36)43-25-49-50(26-44(43)32-6-16-37(17-7-32)62(75)76)69-57-55(67-49)56-58(70-52-28-46(34-10-20-39(21-11-34)64(79)80)45(27-51(52)68-56)33-8-18-38(19-9-33)63(77)78)60-59(57)71-53-29-47(35-12-22-40(23-13-35)65(81)82)48(30-54(53)72-60)41-2-1-3-42(24-41)66(83)84/h1-30H,(H,73,74)(H,75,76)(H,77,78)(H,79,80)(H,81,82)(H,83,84). The molecule has 3 heterocycles. The van der Waals surface area contributed by atoms with Gasteiger partial charge >= 0.3 is 35.8 Å². The number of carbonyl (C=O) groups is 6. The van der Waals surface area contributed by atoms with Gasteiger partial charge in [0.15, 0.2) is 0 Å². The molecule has 402 valence electrons. The van der Waals surface area contributed by atoms with Gasteiger partial charge < -0.3 is 30.6 Å². The van der Waals surface area contributed by atoms with Crippen molar-refractivity contribution in [3.8, 4) is 66.8 Å². The third-order valence-electron chi connectivity index (χ3n) is 14.7. The molecule has 0 saturated carbocycles. The predicted molar refractivity (Wildman–Crippen MR) is 313 cm³/mol. The van der Waals surface area contributed by atoms with E-state index in [0.29, 0.717) is 99.9 Å². The van der Waals surface area contributed by atoms with E-state index in [9.17, 15) is 59.4 Å². The molecule has 0 saturated heterocycles. The van der Waals surface area contributed by atoms with Gasteiger partial charge in [-0.3, -0.25) is 0 Å². The van der Waals surface area contributed by atoms with Crippen molar-refractivity contribution < 1.29 is 59.4 Å². The number of benzene rings is 10.